The monoisotopic (exact) mass is 552 g/mol. The minimum absolute atomic E-state index is 0.304. The van der Waals surface area contributed by atoms with Gasteiger partial charge < -0.3 is 11.1 Å². The van der Waals surface area contributed by atoms with Gasteiger partial charge in [-0.3, -0.25) is 14.3 Å². The van der Waals surface area contributed by atoms with Gasteiger partial charge in [-0.1, -0.05) is 56.3 Å². The lowest BCUT2D eigenvalue weighted by Gasteiger charge is -2.12. The van der Waals surface area contributed by atoms with Crippen LogP contribution >= 0.6 is 0 Å². The van der Waals surface area contributed by atoms with Crippen molar-refractivity contribution in [3.63, 3.8) is 0 Å². The molecule has 0 fully saturated rings. The Bertz CT molecular complexity index is 1890. The van der Waals surface area contributed by atoms with Crippen molar-refractivity contribution >= 4 is 22.9 Å². The van der Waals surface area contributed by atoms with Crippen molar-refractivity contribution in [3.05, 3.63) is 120 Å². The summed E-state index contributed by atoms with van der Waals surface area (Å²) >= 11 is 0. The Balaban J connectivity index is 0.00000173. The smallest absolute Gasteiger partial charge is 0.253 e. The zero-order chi connectivity index (χ0) is 29.5. The number of amides is 1. The lowest BCUT2D eigenvalue weighted by molar-refractivity contribution is 0.0950. The van der Waals surface area contributed by atoms with Gasteiger partial charge in [0.2, 0.25) is 0 Å². The molecule has 0 aliphatic carbocycles. The van der Waals surface area contributed by atoms with Gasteiger partial charge in [0.25, 0.3) is 5.91 Å². The Morgan fingerprint density at radius 3 is 2.48 bits per heavy atom. The number of rotatable bonds is 6. The highest BCUT2D eigenvalue weighted by atomic mass is 16.1. The predicted molar refractivity (Wildman–Crippen MR) is 163 cm³/mol. The number of nitrogens with one attached hydrogen (secondary N) is 1. The number of nitrogens with zero attached hydrogens (tertiary/aromatic N) is 6. The summed E-state index contributed by atoms with van der Waals surface area (Å²) in [6.07, 6.45) is 4.50. The number of hydrogen-bond acceptors (Lipinski definition) is 7. The number of imidazole rings is 1. The van der Waals surface area contributed by atoms with Crippen LogP contribution in [-0.4, -0.2) is 30.4 Å². The van der Waals surface area contributed by atoms with E-state index in [4.69, 9.17) is 21.0 Å². The van der Waals surface area contributed by atoms with E-state index in [1.807, 2.05) is 103 Å². The number of carbonyl (C=O) groups is 1. The fourth-order valence-corrected chi connectivity index (χ4v) is 4.43. The number of benzene rings is 2. The molecule has 0 aliphatic rings. The number of fused-ring (bicyclic) bond motifs is 1. The van der Waals surface area contributed by atoms with E-state index in [1.54, 1.807) is 6.20 Å². The highest BCUT2D eigenvalue weighted by Gasteiger charge is 2.19. The number of aromatic nitrogens is 5. The largest absolute Gasteiger partial charge is 0.383 e. The molecule has 4 aromatic heterocycles. The maximum atomic E-state index is 12.6. The van der Waals surface area contributed by atoms with Crippen molar-refractivity contribution in [3.8, 4) is 34.4 Å². The van der Waals surface area contributed by atoms with Crippen LogP contribution in [0.4, 0.5) is 5.82 Å². The average molecular weight is 553 g/mol. The summed E-state index contributed by atoms with van der Waals surface area (Å²) < 4.78 is 1.97. The second-order valence-corrected chi connectivity index (χ2v) is 9.04. The third kappa shape index (κ3) is 5.69. The lowest BCUT2D eigenvalue weighted by Crippen LogP contribution is -2.23. The molecule has 0 spiro atoms. The normalized spacial score (nSPS) is 10.4. The molecule has 206 valence electrons. The molecular weight excluding hydrogens is 524 g/mol. The van der Waals surface area contributed by atoms with Crippen molar-refractivity contribution in [1.82, 2.24) is 29.8 Å². The maximum absolute atomic E-state index is 12.6. The van der Waals surface area contributed by atoms with E-state index >= 15 is 0 Å². The van der Waals surface area contributed by atoms with E-state index in [1.165, 1.54) is 18.5 Å². The van der Waals surface area contributed by atoms with E-state index in [9.17, 15) is 4.79 Å². The Morgan fingerprint density at radius 1 is 0.952 bits per heavy atom. The van der Waals surface area contributed by atoms with Crippen molar-refractivity contribution in [2.45, 2.75) is 20.4 Å². The Morgan fingerprint density at radius 2 is 1.74 bits per heavy atom. The summed E-state index contributed by atoms with van der Waals surface area (Å²) in [6, 6.07) is 28.9. The summed E-state index contributed by atoms with van der Waals surface area (Å²) in [5.41, 5.74) is 12.6. The zero-order valence-corrected chi connectivity index (χ0v) is 23.2. The van der Waals surface area contributed by atoms with Gasteiger partial charge in [-0.2, -0.15) is 5.26 Å². The molecule has 0 saturated heterocycles. The molecule has 9 nitrogen and oxygen atoms in total. The third-order valence-corrected chi connectivity index (χ3v) is 6.43. The second kappa shape index (κ2) is 12.5. The van der Waals surface area contributed by atoms with Crippen LogP contribution in [0.2, 0.25) is 0 Å². The molecular formula is C33H28N8O. The number of nitrogens with two attached hydrogens (primary N) is 1. The first kappa shape index (κ1) is 27.7. The van der Waals surface area contributed by atoms with Crippen LogP contribution < -0.4 is 11.1 Å². The van der Waals surface area contributed by atoms with Crippen LogP contribution in [0.5, 0.6) is 0 Å². The quantitative estimate of drug-likeness (QED) is 0.260. The number of anilines is 1. The average Bonchev–Trinajstić information content (AvgIpc) is 3.44. The van der Waals surface area contributed by atoms with Gasteiger partial charge in [-0.05, 0) is 48.0 Å². The number of pyridine rings is 3. The van der Waals surface area contributed by atoms with Gasteiger partial charge in [0.1, 0.15) is 17.4 Å². The molecule has 0 radical (unpaired) electrons. The van der Waals surface area contributed by atoms with E-state index in [-0.39, 0.29) is 5.91 Å². The van der Waals surface area contributed by atoms with E-state index in [0.717, 1.165) is 28.0 Å². The fraction of sp³-hybridized carbons (Fsp3) is 0.0909. The predicted octanol–water partition coefficient (Wildman–Crippen LogP) is 5.95. The highest BCUT2D eigenvalue weighted by Crippen LogP contribution is 2.31. The SMILES string of the molecule is CC.N#Cc1cncc(C(=O)NCc2ccc(-n3c(-c4cccnc4N)nc4ccc(-c5ccccc5)nc43)cc2)c1. The first-order chi connectivity index (χ1) is 20.6. The molecule has 6 rings (SSSR count). The molecule has 0 aliphatic heterocycles. The van der Waals surface area contributed by atoms with E-state index < -0.39 is 0 Å². The van der Waals surface area contributed by atoms with Crippen molar-refractivity contribution in [2.24, 2.45) is 0 Å². The van der Waals surface area contributed by atoms with Crippen LogP contribution in [0, 0.1) is 11.3 Å². The van der Waals surface area contributed by atoms with Crippen LogP contribution in [-0.2, 0) is 6.54 Å². The topological polar surface area (TPSA) is 135 Å². The van der Waals surface area contributed by atoms with Crippen LogP contribution in [0.25, 0.3) is 39.5 Å². The van der Waals surface area contributed by atoms with Crippen LogP contribution in [0.3, 0.4) is 0 Å². The third-order valence-electron chi connectivity index (χ3n) is 6.43. The highest BCUT2D eigenvalue weighted by molar-refractivity contribution is 5.94. The summed E-state index contributed by atoms with van der Waals surface area (Å²) in [5, 5.41) is 11.9. The minimum Gasteiger partial charge on any atom is -0.383 e. The number of nitriles is 1. The Kier molecular flexibility index (Phi) is 8.26. The molecule has 4 heterocycles. The first-order valence-corrected chi connectivity index (χ1v) is 13.5. The van der Waals surface area contributed by atoms with Gasteiger partial charge in [-0.25, -0.2) is 15.0 Å². The molecule has 0 saturated carbocycles. The minimum atomic E-state index is -0.304. The fourth-order valence-electron chi connectivity index (χ4n) is 4.43. The maximum Gasteiger partial charge on any atom is 0.253 e. The second-order valence-electron chi connectivity index (χ2n) is 9.04. The molecule has 0 unspecified atom stereocenters. The molecule has 3 N–H and O–H groups in total. The van der Waals surface area contributed by atoms with Crippen molar-refractivity contribution in [1.29, 1.82) is 5.26 Å². The molecule has 9 heteroatoms. The summed E-state index contributed by atoms with van der Waals surface area (Å²) in [5.74, 6) is 0.696. The van der Waals surface area contributed by atoms with Crippen LogP contribution in [0.15, 0.2) is 104 Å². The number of hydrogen-bond donors (Lipinski definition) is 2. The Hall–Kier alpha value is -5.88. The van der Waals surface area contributed by atoms with E-state index in [2.05, 4.69) is 15.3 Å². The van der Waals surface area contributed by atoms with Crippen LogP contribution in [0.1, 0.15) is 35.3 Å². The lowest BCUT2D eigenvalue weighted by atomic mass is 10.1. The molecule has 1 amide bonds. The molecule has 0 bridgehead atoms. The summed E-state index contributed by atoms with van der Waals surface area (Å²) in [7, 11) is 0. The van der Waals surface area contributed by atoms with Gasteiger partial charge in [0.15, 0.2) is 11.5 Å². The molecule has 0 atom stereocenters. The Labute approximate surface area is 243 Å². The molecule has 6 aromatic rings. The first-order valence-electron chi connectivity index (χ1n) is 13.5. The zero-order valence-electron chi connectivity index (χ0n) is 23.2. The van der Waals surface area contributed by atoms with Gasteiger partial charge in [-0.15, -0.1) is 0 Å². The van der Waals surface area contributed by atoms with Crippen molar-refractivity contribution in [2.75, 3.05) is 5.73 Å². The number of nitrogen functional groups attached to an aromatic ring is 1. The van der Waals surface area contributed by atoms with Gasteiger partial charge in [0, 0.05) is 36.4 Å². The standard InChI is InChI=1S/C31H22N8O.C2H6/c32-16-21-15-23(19-34-17-21)31(40)36-18-20-8-10-24(11-9-20)39-29(25-7-4-14-35-28(25)33)38-27-13-12-26(37-30(27)39)22-5-2-1-3-6-22;1-2/h1-15,17,19H,18H2,(H2,33,35)(H,36,40);1-2H3. The van der Waals surface area contributed by atoms with Gasteiger partial charge >= 0.3 is 0 Å². The molecule has 42 heavy (non-hydrogen) atoms. The van der Waals surface area contributed by atoms with E-state index in [0.29, 0.717) is 40.5 Å². The molecule has 2 aromatic carbocycles. The van der Waals surface area contributed by atoms with Gasteiger partial charge in [0.05, 0.1) is 22.4 Å². The van der Waals surface area contributed by atoms with Crippen molar-refractivity contribution < 1.29 is 4.79 Å². The summed E-state index contributed by atoms with van der Waals surface area (Å²) in [4.78, 5) is 30.6. The summed E-state index contributed by atoms with van der Waals surface area (Å²) in [6.45, 7) is 4.30. The number of carbonyl (C=O) groups excluding carboxylic acids is 1.